The summed E-state index contributed by atoms with van der Waals surface area (Å²) < 4.78 is 5.37. The highest BCUT2D eigenvalue weighted by Crippen LogP contribution is 2.27. The van der Waals surface area contributed by atoms with Gasteiger partial charge in [0.25, 0.3) is 0 Å². The minimum absolute atomic E-state index is 0.317. The number of nitrogens with one attached hydrogen (secondary N) is 1. The molecular formula is C17H20ClNO. The average Bonchev–Trinajstić information content (AvgIpc) is 2.50. The van der Waals surface area contributed by atoms with Crippen LogP contribution >= 0.6 is 11.6 Å². The van der Waals surface area contributed by atoms with Gasteiger partial charge in [-0.25, -0.2) is 0 Å². The number of rotatable bonds is 6. The summed E-state index contributed by atoms with van der Waals surface area (Å²) in [5.74, 6) is 0.827. The smallest absolute Gasteiger partial charge is 0.124 e. The van der Waals surface area contributed by atoms with Gasteiger partial charge < -0.3 is 10.1 Å². The van der Waals surface area contributed by atoms with Crippen molar-refractivity contribution in [3.63, 3.8) is 0 Å². The van der Waals surface area contributed by atoms with Gasteiger partial charge in [-0.1, -0.05) is 54.9 Å². The van der Waals surface area contributed by atoms with E-state index in [0.717, 1.165) is 22.8 Å². The third-order valence-corrected chi connectivity index (χ3v) is 3.79. The van der Waals surface area contributed by atoms with E-state index in [1.807, 2.05) is 24.3 Å². The van der Waals surface area contributed by atoms with Crippen molar-refractivity contribution in [2.24, 2.45) is 0 Å². The van der Waals surface area contributed by atoms with Gasteiger partial charge >= 0.3 is 0 Å². The lowest BCUT2D eigenvalue weighted by molar-refractivity contribution is 0.404. The van der Waals surface area contributed by atoms with Crippen molar-refractivity contribution in [3.05, 3.63) is 64.7 Å². The van der Waals surface area contributed by atoms with E-state index >= 15 is 0 Å². The molecule has 0 radical (unpaired) electrons. The van der Waals surface area contributed by atoms with E-state index in [9.17, 15) is 0 Å². The summed E-state index contributed by atoms with van der Waals surface area (Å²) in [5.41, 5.74) is 2.30. The number of hydrogen-bond acceptors (Lipinski definition) is 2. The molecule has 0 heterocycles. The summed E-state index contributed by atoms with van der Waals surface area (Å²) in [4.78, 5) is 0. The zero-order valence-electron chi connectivity index (χ0n) is 11.9. The maximum Gasteiger partial charge on any atom is 0.124 e. The van der Waals surface area contributed by atoms with Crippen molar-refractivity contribution in [1.82, 2.24) is 5.32 Å². The maximum atomic E-state index is 6.26. The number of ether oxygens (including phenoxy) is 1. The highest BCUT2D eigenvalue weighted by molar-refractivity contribution is 6.31. The van der Waals surface area contributed by atoms with Crippen LogP contribution in [0, 0.1) is 0 Å². The minimum Gasteiger partial charge on any atom is -0.496 e. The molecule has 0 bridgehead atoms. The van der Waals surface area contributed by atoms with Crippen LogP contribution in [0.25, 0.3) is 0 Å². The summed E-state index contributed by atoms with van der Waals surface area (Å²) >= 11 is 6.26. The molecule has 0 spiro atoms. The van der Waals surface area contributed by atoms with E-state index in [0.29, 0.717) is 12.6 Å². The van der Waals surface area contributed by atoms with Crippen LogP contribution in [0.4, 0.5) is 0 Å². The second kappa shape index (κ2) is 7.32. The highest BCUT2D eigenvalue weighted by atomic mass is 35.5. The largest absolute Gasteiger partial charge is 0.496 e. The molecule has 0 fully saturated rings. The van der Waals surface area contributed by atoms with E-state index in [4.69, 9.17) is 16.3 Å². The third-order valence-electron chi connectivity index (χ3n) is 3.43. The first-order valence-electron chi connectivity index (χ1n) is 6.86. The molecule has 2 aromatic rings. The Kier molecular flexibility index (Phi) is 5.45. The number of methoxy groups -OCH3 is 1. The van der Waals surface area contributed by atoms with Gasteiger partial charge in [0.05, 0.1) is 7.11 Å². The van der Waals surface area contributed by atoms with Crippen molar-refractivity contribution in [1.29, 1.82) is 0 Å². The molecule has 0 aliphatic rings. The van der Waals surface area contributed by atoms with Crippen molar-refractivity contribution in [2.75, 3.05) is 7.11 Å². The lowest BCUT2D eigenvalue weighted by atomic mass is 10.0. The molecule has 106 valence electrons. The van der Waals surface area contributed by atoms with E-state index in [2.05, 4.69) is 36.5 Å². The zero-order valence-corrected chi connectivity index (χ0v) is 12.7. The number of benzene rings is 2. The summed E-state index contributed by atoms with van der Waals surface area (Å²) in [5, 5.41) is 4.29. The van der Waals surface area contributed by atoms with Gasteiger partial charge in [0.15, 0.2) is 0 Å². The molecular weight excluding hydrogens is 270 g/mol. The Morgan fingerprint density at radius 3 is 2.50 bits per heavy atom. The van der Waals surface area contributed by atoms with Gasteiger partial charge in [0.2, 0.25) is 0 Å². The Bertz CT molecular complexity index is 542. The first-order valence-corrected chi connectivity index (χ1v) is 7.23. The summed E-state index contributed by atoms with van der Waals surface area (Å²) in [6, 6.07) is 16.5. The van der Waals surface area contributed by atoms with Crippen LogP contribution in [0.3, 0.4) is 0 Å². The lowest BCUT2D eigenvalue weighted by Crippen LogP contribution is -2.20. The predicted molar refractivity (Wildman–Crippen MR) is 84.3 cm³/mol. The van der Waals surface area contributed by atoms with Crippen LogP contribution in [0.1, 0.15) is 30.5 Å². The first-order chi connectivity index (χ1) is 9.76. The molecule has 0 amide bonds. The summed E-state index contributed by atoms with van der Waals surface area (Å²) in [6.45, 7) is 2.87. The average molecular weight is 290 g/mol. The lowest BCUT2D eigenvalue weighted by Gasteiger charge is -2.19. The van der Waals surface area contributed by atoms with Crippen LogP contribution in [0.15, 0.2) is 48.5 Å². The topological polar surface area (TPSA) is 21.3 Å². The van der Waals surface area contributed by atoms with Crippen molar-refractivity contribution < 1.29 is 4.74 Å². The standard InChI is InChI=1S/C17H20ClNO/c1-3-16(13-8-5-4-6-9-13)19-12-14-15(18)10-7-11-17(14)20-2/h4-11,16,19H,3,12H2,1-2H3. The van der Waals surface area contributed by atoms with Gasteiger partial charge in [-0.05, 0) is 24.1 Å². The minimum atomic E-state index is 0.317. The second-order valence-electron chi connectivity index (χ2n) is 4.67. The second-order valence-corrected chi connectivity index (χ2v) is 5.08. The molecule has 2 rings (SSSR count). The number of hydrogen-bond donors (Lipinski definition) is 1. The molecule has 1 atom stereocenters. The molecule has 0 saturated carbocycles. The fourth-order valence-electron chi connectivity index (χ4n) is 2.31. The zero-order chi connectivity index (χ0) is 14.4. The van der Waals surface area contributed by atoms with Crippen molar-refractivity contribution in [2.45, 2.75) is 25.9 Å². The molecule has 0 aliphatic heterocycles. The van der Waals surface area contributed by atoms with Gasteiger partial charge in [0.1, 0.15) is 5.75 Å². The van der Waals surface area contributed by atoms with Gasteiger partial charge in [0, 0.05) is 23.2 Å². The Morgan fingerprint density at radius 2 is 1.85 bits per heavy atom. The maximum absolute atomic E-state index is 6.26. The van der Waals surface area contributed by atoms with Gasteiger partial charge in [-0.3, -0.25) is 0 Å². The van der Waals surface area contributed by atoms with Crippen LogP contribution in [0.2, 0.25) is 5.02 Å². The molecule has 0 aliphatic carbocycles. The molecule has 0 aromatic heterocycles. The van der Waals surface area contributed by atoms with E-state index in [1.54, 1.807) is 7.11 Å². The predicted octanol–water partition coefficient (Wildman–Crippen LogP) is 4.59. The van der Waals surface area contributed by atoms with Gasteiger partial charge in [-0.15, -0.1) is 0 Å². The molecule has 1 N–H and O–H groups in total. The summed E-state index contributed by atoms with van der Waals surface area (Å²) in [6.07, 6.45) is 1.02. The molecule has 20 heavy (non-hydrogen) atoms. The van der Waals surface area contributed by atoms with Crippen LogP contribution in [0.5, 0.6) is 5.75 Å². The molecule has 2 aromatic carbocycles. The fourth-order valence-corrected chi connectivity index (χ4v) is 2.54. The monoisotopic (exact) mass is 289 g/mol. The molecule has 2 nitrogen and oxygen atoms in total. The first kappa shape index (κ1) is 14.9. The van der Waals surface area contributed by atoms with Gasteiger partial charge in [-0.2, -0.15) is 0 Å². The SMILES string of the molecule is CCC(NCc1c(Cl)cccc1OC)c1ccccc1. The van der Waals surface area contributed by atoms with Crippen LogP contribution < -0.4 is 10.1 Å². The number of halogens is 1. The van der Waals surface area contributed by atoms with Crippen LogP contribution in [-0.2, 0) is 6.54 Å². The van der Waals surface area contributed by atoms with Crippen molar-refractivity contribution >= 4 is 11.6 Å². The third kappa shape index (κ3) is 3.53. The van der Waals surface area contributed by atoms with E-state index < -0.39 is 0 Å². The van der Waals surface area contributed by atoms with E-state index in [1.165, 1.54) is 5.56 Å². The normalized spacial score (nSPS) is 12.2. The molecule has 1 unspecified atom stereocenters. The van der Waals surface area contributed by atoms with Crippen molar-refractivity contribution in [3.8, 4) is 5.75 Å². The van der Waals surface area contributed by atoms with E-state index in [-0.39, 0.29) is 0 Å². The summed E-state index contributed by atoms with van der Waals surface area (Å²) in [7, 11) is 1.67. The Balaban J connectivity index is 2.11. The van der Waals surface area contributed by atoms with Crippen LogP contribution in [-0.4, -0.2) is 7.11 Å². The highest BCUT2D eigenvalue weighted by Gasteiger charge is 2.12. The Labute approximate surface area is 125 Å². The Morgan fingerprint density at radius 1 is 1.10 bits per heavy atom. The quantitative estimate of drug-likeness (QED) is 0.840. The molecule has 0 saturated heterocycles. The molecule has 3 heteroatoms. The Hall–Kier alpha value is -1.51. The fraction of sp³-hybridized carbons (Fsp3) is 0.294.